The molecule has 0 heterocycles. The van der Waals surface area contributed by atoms with E-state index < -0.39 is 30.4 Å². The number of rotatable bonds is 6. The van der Waals surface area contributed by atoms with Crippen LogP contribution < -0.4 is 5.73 Å². The monoisotopic (exact) mass is 327 g/mol. The molecule has 0 aromatic heterocycles. The molecule has 0 bridgehead atoms. The third-order valence-electron chi connectivity index (χ3n) is 3.21. The summed E-state index contributed by atoms with van der Waals surface area (Å²) in [6.07, 6.45) is -2.16. The largest absolute Gasteiger partial charge is 0.508 e. The van der Waals surface area contributed by atoms with Crippen molar-refractivity contribution in [2.75, 3.05) is 7.11 Å². The van der Waals surface area contributed by atoms with Crippen molar-refractivity contribution in [3.63, 3.8) is 0 Å². The molecule has 0 aliphatic rings. The molecule has 4 N–H and O–H groups in total. The number of carbonyl (C=O) groups is 2. The summed E-state index contributed by atoms with van der Waals surface area (Å²) >= 11 is 0. The molecular weight excluding hydrogens is 306 g/mol. The summed E-state index contributed by atoms with van der Waals surface area (Å²) < 4.78 is 14.3. The Morgan fingerprint density at radius 2 is 1.74 bits per heavy atom. The molecule has 0 spiro atoms. The van der Waals surface area contributed by atoms with Gasteiger partial charge in [0.05, 0.1) is 7.11 Å². The minimum atomic E-state index is -0.966. The van der Waals surface area contributed by atoms with E-state index in [2.05, 4.69) is 4.74 Å². The number of hydrogen-bond donors (Lipinski definition) is 3. The highest BCUT2D eigenvalue weighted by atomic mass is 16.7. The molecule has 1 rings (SSSR count). The van der Waals surface area contributed by atoms with Crippen LogP contribution in [-0.2, 0) is 25.4 Å². The zero-order valence-electron chi connectivity index (χ0n) is 13.2. The Labute approximate surface area is 133 Å². The molecule has 0 amide bonds. The van der Waals surface area contributed by atoms with Crippen LogP contribution in [0.3, 0.4) is 0 Å². The number of ether oxygens (including phenoxy) is 3. The van der Waals surface area contributed by atoms with Crippen molar-refractivity contribution in [2.24, 2.45) is 5.73 Å². The number of methoxy groups -OCH3 is 1. The van der Waals surface area contributed by atoms with E-state index in [0.29, 0.717) is 5.56 Å². The van der Waals surface area contributed by atoms with E-state index >= 15 is 0 Å². The van der Waals surface area contributed by atoms with Gasteiger partial charge in [0.2, 0.25) is 0 Å². The Morgan fingerprint density at radius 3 is 2.30 bits per heavy atom. The molecular formula is C15H21NO7. The van der Waals surface area contributed by atoms with Crippen molar-refractivity contribution in [1.82, 2.24) is 0 Å². The molecule has 1 aromatic rings. The topological polar surface area (TPSA) is 128 Å². The van der Waals surface area contributed by atoms with Gasteiger partial charge >= 0.3 is 12.1 Å². The lowest BCUT2D eigenvalue weighted by atomic mass is 10.1. The smallest absolute Gasteiger partial charge is 0.504 e. The van der Waals surface area contributed by atoms with E-state index in [1.54, 1.807) is 13.8 Å². The molecule has 23 heavy (non-hydrogen) atoms. The summed E-state index contributed by atoms with van der Waals surface area (Å²) in [5, 5.41) is 18.6. The minimum Gasteiger partial charge on any atom is -0.504 e. The third kappa shape index (κ3) is 5.67. The molecule has 3 atom stereocenters. The molecule has 0 radical (unpaired) electrons. The number of hydrogen-bond acceptors (Lipinski definition) is 8. The first-order valence-electron chi connectivity index (χ1n) is 6.96. The first-order valence-corrected chi connectivity index (χ1v) is 6.96. The first-order chi connectivity index (χ1) is 10.7. The van der Waals surface area contributed by atoms with Gasteiger partial charge in [-0.3, -0.25) is 4.79 Å². The van der Waals surface area contributed by atoms with Gasteiger partial charge in [-0.15, -0.1) is 0 Å². The van der Waals surface area contributed by atoms with Crippen molar-refractivity contribution in [3.8, 4) is 11.5 Å². The van der Waals surface area contributed by atoms with Gasteiger partial charge in [0, 0.05) is 0 Å². The van der Waals surface area contributed by atoms with Crippen LogP contribution in [0.4, 0.5) is 4.79 Å². The number of aromatic hydroxyl groups is 2. The third-order valence-corrected chi connectivity index (χ3v) is 3.21. The molecule has 8 heteroatoms. The van der Waals surface area contributed by atoms with Gasteiger partial charge in [-0.1, -0.05) is 6.07 Å². The van der Waals surface area contributed by atoms with E-state index in [9.17, 15) is 19.8 Å². The molecule has 0 saturated heterocycles. The van der Waals surface area contributed by atoms with Crippen molar-refractivity contribution >= 4 is 12.1 Å². The highest BCUT2D eigenvalue weighted by Gasteiger charge is 2.24. The number of nitrogens with two attached hydrogens (primary N) is 1. The van der Waals surface area contributed by atoms with Gasteiger partial charge in [0.15, 0.2) is 11.5 Å². The van der Waals surface area contributed by atoms with E-state index in [1.165, 1.54) is 25.3 Å². The predicted octanol–water partition coefficient (Wildman–Crippen LogP) is 1.07. The Morgan fingerprint density at radius 1 is 1.13 bits per heavy atom. The van der Waals surface area contributed by atoms with Gasteiger partial charge in [-0.2, -0.15) is 0 Å². The fourth-order valence-electron chi connectivity index (χ4n) is 1.70. The molecule has 128 valence electrons. The Bertz CT molecular complexity index is 561. The van der Waals surface area contributed by atoms with Crippen LogP contribution >= 0.6 is 0 Å². The molecule has 0 aliphatic heterocycles. The molecule has 0 fully saturated rings. The Hall–Kier alpha value is -2.48. The first kappa shape index (κ1) is 18.6. The number of benzene rings is 1. The van der Waals surface area contributed by atoms with Gasteiger partial charge in [0.1, 0.15) is 18.2 Å². The van der Waals surface area contributed by atoms with Gasteiger partial charge in [-0.05, 0) is 38.0 Å². The molecule has 1 aromatic carbocycles. The molecule has 0 aliphatic carbocycles. The minimum absolute atomic E-state index is 0.117. The Balaban J connectivity index is 2.55. The SMILES string of the molecule is COC(=O)O[C@H](C)[C@@H](C)OC(=O)[C@@H](N)Cc1ccc(O)c(O)c1. The zero-order chi connectivity index (χ0) is 17.6. The zero-order valence-corrected chi connectivity index (χ0v) is 13.2. The summed E-state index contributed by atoms with van der Waals surface area (Å²) in [5.41, 5.74) is 6.33. The number of esters is 1. The summed E-state index contributed by atoms with van der Waals surface area (Å²) in [6.45, 7) is 3.11. The average molecular weight is 327 g/mol. The number of phenols is 2. The lowest BCUT2D eigenvalue weighted by Gasteiger charge is -2.21. The van der Waals surface area contributed by atoms with Crippen LogP contribution in [0.15, 0.2) is 18.2 Å². The highest BCUT2D eigenvalue weighted by molar-refractivity contribution is 5.76. The van der Waals surface area contributed by atoms with Gasteiger partial charge in [0.25, 0.3) is 0 Å². The molecule has 0 unspecified atom stereocenters. The summed E-state index contributed by atoms with van der Waals surface area (Å²) in [4.78, 5) is 22.9. The summed E-state index contributed by atoms with van der Waals surface area (Å²) in [6, 6.07) is 3.19. The standard InChI is InChI=1S/C15H21NO7/c1-8(9(2)23-15(20)21-3)22-14(19)11(16)6-10-4-5-12(17)13(18)7-10/h4-5,7-9,11,17-18H,6,16H2,1-3H3/t8-,9-,11+/m1/s1. The second kappa shape index (κ2) is 8.23. The second-order valence-corrected chi connectivity index (χ2v) is 5.05. The van der Waals surface area contributed by atoms with Gasteiger partial charge < -0.3 is 30.2 Å². The van der Waals surface area contributed by atoms with Crippen molar-refractivity contribution < 1.29 is 34.0 Å². The van der Waals surface area contributed by atoms with Crippen LogP contribution in [0.25, 0.3) is 0 Å². The summed E-state index contributed by atoms with van der Waals surface area (Å²) in [5.74, 6) is -1.23. The van der Waals surface area contributed by atoms with Crippen LogP contribution in [0.2, 0.25) is 0 Å². The van der Waals surface area contributed by atoms with E-state index in [0.717, 1.165) is 0 Å². The molecule has 8 nitrogen and oxygen atoms in total. The Kier molecular flexibility index (Phi) is 6.65. The van der Waals surface area contributed by atoms with Crippen molar-refractivity contribution in [2.45, 2.75) is 38.5 Å². The number of carbonyl (C=O) groups excluding carboxylic acids is 2. The maximum Gasteiger partial charge on any atom is 0.508 e. The maximum absolute atomic E-state index is 11.9. The van der Waals surface area contributed by atoms with Crippen LogP contribution in [0.5, 0.6) is 11.5 Å². The quantitative estimate of drug-likeness (QED) is 0.523. The predicted molar refractivity (Wildman–Crippen MR) is 80.0 cm³/mol. The van der Waals surface area contributed by atoms with Crippen molar-refractivity contribution in [1.29, 1.82) is 0 Å². The lowest BCUT2D eigenvalue weighted by molar-refractivity contribution is -0.155. The maximum atomic E-state index is 11.9. The van der Waals surface area contributed by atoms with Gasteiger partial charge in [-0.25, -0.2) is 4.79 Å². The van der Waals surface area contributed by atoms with E-state index in [1.807, 2.05) is 0 Å². The normalized spacial score (nSPS) is 14.4. The van der Waals surface area contributed by atoms with E-state index in [-0.39, 0.29) is 17.9 Å². The second-order valence-electron chi connectivity index (χ2n) is 5.05. The fourth-order valence-corrected chi connectivity index (χ4v) is 1.70. The van der Waals surface area contributed by atoms with Crippen LogP contribution in [-0.4, -0.2) is 47.7 Å². The number of phenolic OH excluding ortho intramolecular Hbond substituents is 2. The average Bonchev–Trinajstić information content (AvgIpc) is 2.50. The van der Waals surface area contributed by atoms with Crippen molar-refractivity contribution in [3.05, 3.63) is 23.8 Å². The van der Waals surface area contributed by atoms with E-state index in [4.69, 9.17) is 15.2 Å². The molecule has 0 saturated carbocycles. The van der Waals surface area contributed by atoms with Crippen LogP contribution in [0, 0.1) is 0 Å². The highest BCUT2D eigenvalue weighted by Crippen LogP contribution is 2.25. The summed E-state index contributed by atoms with van der Waals surface area (Å²) in [7, 11) is 1.18. The van der Waals surface area contributed by atoms with Crippen LogP contribution in [0.1, 0.15) is 19.4 Å². The fraction of sp³-hybridized carbons (Fsp3) is 0.467. The lowest BCUT2D eigenvalue weighted by Crippen LogP contribution is -2.39.